The lowest BCUT2D eigenvalue weighted by Gasteiger charge is -2.40. The molecular formula is C14H21N3O4. The Morgan fingerprint density at radius 1 is 1.38 bits per heavy atom. The highest BCUT2D eigenvalue weighted by atomic mass is 16.6. The minimum atomic E-state index is -0.885. The van der Waals surface area contributed by atoms with Gasteiger partial charge < -0.3 is 20.5 Å². The Balaban J connectivity index is 1.90. The van der Waals surface area contributed by atoms with E-state index in [2.05, 4.69) is 24.1 Å². The summed E-state index contributed by atoms with van der Waals surface area (Å²) in [5.74, 6) is -0.667. The van der Waals surface area contributed by atoms with Gasteiger partial charge in [0.05, 0.1) is 5.60 Å². The third-order valence-corrected chi connectivity index (χ3v) is 4.22. The number of nitrogens with zero attached hydrogens (tertiary/aromatic N) is 1. The summed E-state index contributed by atoms with van der Waals surface area (Å²) in [5.41, 5.74) is -0.526. The minimum Gasteiger partial charge on any atom is -0.388 e. The van der Waals surface area contributed by atoms with E-state index in [1.54, 1.807) is 0 Å². The summed E-state index contributed by atoms with van der Waals surface area (Å²) in [6, 6.07) is 2.61. The van der Waals surface area contributed by atoms with Gasteiger partial charge in [-0.25, -0.2) is 4.98 Å². The van der Waals surface area contributed by atoms with Crippen LogP contribution in [0, 0.1) is 15.5 Å². The Morgan fingerprint density at radius 2 is 2.00 bits per heavy atom. The van der Waals surface area contributed by atoms with Crippen molar-refractivity contribution >= 4 is 11.7 Å². The van der Waals surface area contributed by atoms with E-state index in [1.165, 1.54) is 12.1 Å². The van der Waals surface area contributed by atoms with E-state index in [0.717, 1.165) is 12.8 Å². The molecule has 1 aromatic rings. The first-order chi connectivity index (χ1) is 9.71. The first-order valence-corrected chi connectivity index (χ1v) is 7.05. The first-order valence-electron chi connectivity index (χ1n) is 7.05. The quantitative estimate of drug-likeness (QED) is 0.583. The van der Waals surface area contributed by atoms with E-state index in [4.69, 9.17) is 0 Å². The first kappa shape index (κ1) is 15.5. The maximum absolute atomic E-state index is 11.9. The normalized spacial score (nSPS) is 20.0. The number of aliphatic hydroxyl groups is 1. The monoisotopic (exact) mass is 295 g/mol. The van der Waals surface area contributed by atoms with E-state index in [0.29, 0.717) is 12.8 Å². The van der Waals surface area contributed by atoms with Gasteiger partial charge in [-0.1, -0.05) is 13.8 Å². The molecule has 1 aliphatic carbocycles. The molecule has 1 aliphatic rings. The van der Waals surface area contributed by atoms with E-state index < -0.39 is 16.4 Å². The Kier molecular flexibility index (Phi) is 4.04. The number of amides is 1. The molecule has 7 heteroatoms. The molecule has 1 amide bonds. The Bertz CT molecular complexity index is 540. The summed E-state index contributed by atoms with van der Waals surface area (Å²) in [6.45, 7) is 4.50. The summed E-state index contributed by atoms with van der Waals surface area (Å²) >= 11 is 0. The topological polar surface area (TPSA) is 108 Å². The molecule has 116 valence electrons. The van der Waals surface area contributed by atoms with Crippen LogP contribution in [0.15, 0.2) is 12.1 Å². The van der Waals surface area contributed by atoms with Crippen LogP contribution < -0.4 is 5.32 Å². The summed E-state index contributed by atoms with van der Waals surface area (Å²) in [5, 5.41) is 23.7. The predicted molar refractivity (Wildman–Crippen MR) is 77.0 cm³/mol. The lowest BCUT2D eigenvalue weighted by molar-refractivity contribution is -0.389. The van der Waals surface area contributed by atoms with Crippen molar-refractivity contribution in [1.29, 1.82) is 0 Å². The molecule has 0 aliphatic heterocycles. The van der Waals surface area contributed by atoms with Gasteiger partial charge in [0.15, 0.2) is 5.69 Å². The fourth-order valence-electron chi connectivity index (χ4n) is 2.53. The van der Waals surface area contributed by atoms with Gasteiger partial charge in [-0.2, -0.15) is 0 Å². The molecule has 21 heavy (non-hydrogen) atoms. The molecule has 7 nitrogen and oxygen atoms in total. The number of H-pyrrole nitrogens is 1. The number of rotatable bonds is 4. The van der Waals surface area contributed by atoms with Crippen LogP contribution in [0.5, 0.6) is 0 Å². The van der Waals surface area contributed by atoms with Crippen molar-refractivity contribution in [3.8, 4) is 0 Å². The van der Waals surface area contributed by atoms with Crippen molar-refractivity contribution in [3.63, 3.8) is 0 Å². The van der Waals surface area contributed by atoms with E-state index in [9.17, 15) is 20.0 Å². The molecule has 3 N–H and O–H groups in total. The molecule has 0 bridgehead atoms. The molecular weight excluding hydrogens is 274 g/mol. The van der Waals surface area contributed by atoms with Gasteiger partial charge in [-0.3, -0.25) is 4.79 Å². The summed E-state index contributed by atoms with van der Waals surface area (Å²) in [6.07, 6.45) is 3.11. The largest absolute Gasteiger partial charge is 0.388 e. The number of aromatic amines is 1. The maximum Gasteiger partial charge on any atom is 0.321 e. The van der Waals surface area contributed by atoms with Crippen LogP contribution in [0.25, 0.3) is 0 Å². The second kappa shape index (κ2) is 5.48. The Hall–Kier alpha value is -1.89. The summed E-state index contributed by atoms with van der Waals surface area (Å²) in [4.78, 5) is 24.3. The average molecular weight is 295 g/mol. The third kappa shape index (κ3) is 3.81. The number of nitrogens with one attached hydrogen (secondary N) is 2. The molecule has 0 radical (unpaired) electrons. The molecule has 0 unspecified atom stereocenters. The van der Waals surface area contributed by atoms with E-state index >= 15 is 0 Å². The zero-order chi connectivity index (χ0) is 15.7. The van der Waals surface area contributed by atoms with E-state index in [-0.39, 0.29) is 23.5 Å². The van der Waals surface area contributed by atoms with Crippen molar-refractivity contribution in [3.05, 3.63) is 27.9 Å². The molecule has 0 spiro atoms. The second-order valence-electron chi connectivity index (χ2n) is 6.59. The van der Waals surface area contributed by atoms with Gasteiger partial charge in [0.25, 0.3) is 5.91 Å². The van der Waals surface area contributed by atoms with Crippen LogP contribution in [0.2, 0.25) is 0 Å². The molecule has 0 atom stereocenters. The van der Waals surface area contributed by atoms with Crippen molar-refractivity contribution < 1.29 is 14.8 Å². The average Bonchev–Trinajstić information content (AvgIpc) is 2.90. The van der Waals surface area contributed by atoms with E-state index in [1.807, 2.05) is 0 Å². The molecule has 0 saturated heterocycles. The number of hydrogen-bond donors (Lipinski definition) is 3. The highest BCUT2D eigenvalue weighted by Crippen LogP contribution is 2.39. The number of carbonyl (C=O) groups excluding carboxylic acids is 1. The number of nitro groups is 1. The highest BCUT2D eigenvalue weighted by molar-refractivity contribution is 5.92. The number of aromatic nitrogens is 1. The molecule has 1 aromatic heterocycles. The van der Waals surface area contributed by atoms with Gasteiger partial charge in [0, 0.05) is 12.6 Å². The van der Waals surface area contributed by atoms with Crippen LogP contribution in [-0.4, -0.2) is 33.1 Å². The molecule has 1 saturated carbocycles. The standard InChI is InChI=1S/C14H21N3O4/c1-13(2)5-7-14(19,8-6-13)9-15-12(18)10-3-4-11(16-10)17(20)21/h3-4,16,19H,5-9H2,1-2H3,(H,15,18). The van der Waals surface area contributed by atoms with Gasteiger partial charge in [0.2, 0.25) is 0 Å². The lowest BCUT2D eigenvalue weighted by Crippen LogP contribution is -2.46. The minimum absolute atomic E-state index is 0.126. The highest BCUT2D eigenvalue weighted by Gasteiger charge is 2.37. The van der Waals surface area contributed by atoms with Crippen LogP contribution in [0.4, 0.5) is 5.82 Å². The third-order valence-electron chi connectivity index (χ3n) is 4.22. The van der Waals surface area contributed by atoms with Gasteiger partial charge >= 0.3 is 5.82 Å². The zero-order valence-corrected chi connectivity index (χ0v) is 12.3. The van der Waals surface area contributed by atoms with Gasteiger partial charge in [-0.05, 0) is 42.1 Å². The van der Waals surface area contributed by atoms with Crippen LogP contribution >= 0.6 is 0 Å². The fourth-order valence-corrected chi connectivity index (χ4v) is 2.53. The summed E-state index contributed by atoms with van der Waals surface area (Å²) in [7, 11) is 0. The van der Waals surface area contributed by atoms with Crippen LogP contribution in [0.3, 0.4) is 0 Å². The predicted octanol–water partition coefficient (Wildman–Crippen LogP) is 1.98. The van der Waals surface area contributed by atoms with Gasteiger partial charge in [0.1, 0.15) is 0 Å². The zero-order valence-electron chi connectivity index (χ0n) is 12.3. The molecule has 2 rings (SSSR count). The SMILES string of the molecule is CC1(C)CCC(O)(CNC(=O)c2ccc([N+](=O)[O-])[nH]2)CC1. The van der Waals surface area contributed by atoms with Crippen molar-refractivity contribution in [2.24, 2.45) is 5.41 Å². The van der Waals surface area contributed by atoms with Crippen molar-refractivity contribution in [2.75, 3.05) is 6.54 Å². The number of hydrogen-bond acceptors (Lipinski definition) is 4. The van der Waals surface area contributed by atoms with Crippen molar-refractivity contribution in [2.45, 2.75) is 45.1 Å². The molecule has 0 aromatic carbocycles. The Labute approximate surface area is 122 Å². The Morgan fingerprint density at radius 3 is 2.52 bits per heavy atom. The lowest BCUT2D eigenvalue weighted by atomic mass is 9.71. The second-order valence-corrected chi connectivity index (χ2v) is 6.59. The summed E-state index contributed by atoms with van der Waals surface area (Å²) < 4.78 is 0. The van der Waals surface area contributed by atoms with Gasteiger partial charge in [-0.15, -0.1) is 0 Å². The number of carbonyl (C=O) groups is 1. The van der Waals surface area contributed by atoms with Crippen molar-refractivity contribution in [1.82, 2.24) is 10.3 Å². The molecule has 1 fully saturated rings. The molecule has 1 heterocycles. The fraction of sp³-hybridized carbons (Fsp3) is 0.643. The van der Waals surface area contributed by atoms with Crippen LogP contribution in [0.1, 0.15) is 50.0 Å². The smallest absolute Gasteiger partial charge is 0.321 e. The van der Waals surface area contributed by atoms with Crippen LogP contribution in [-0.2, 0) is 0 Å². The maximum atomic E-state index is 11.9.